The zero-order chi connectivity index (χ0) is 9.68. The maximum Gasteiger partial charge on any atom is 0.252 e. The minimum Gasteiger partial charge on any atom is -0.276 e. The van der Waals surface area contributed by atoms with E-state index in [4.69, 9.17) is 11.6 Å². The number of carbonyl (C=O) groups is 1. The number of hydrogen-bond acceptors (Lipinski definition) is 3. The molecule has 0 saturated carbocycles. The third kappa shape index (κ3) is 3.36. The first-order chi connectivity index (χ1) is 6.24. The van der Waals surface area contributed by atoms with Crippen LogP contribution in [0.3, 0.4) is 0 Å². The second-order valence-corrected chi connectivity index (χ2v) is 3.96. The molecule has 4 heteroatoms. The molecule has 0 aromatic carbocycles. The van der Waals surface area contributed by atoms with Crippen molar-refractivity contribution >= 4 is 28.6 Å². The lowest BCUT2D eigenvalue weighted by Crippen LogP contribution is -1.90. The van der Waals surface area contributed by atoms with Gasteiger partial charge >= 0.3 is 0 Å². The highest BCUT2D eigenvalue weighted by atomic mass is 35.5. The van der Waals surface area contributed by atoms with E-state index in [9.17, 15) is 4.79 Å². The molecule has 0 bridgehead atoms. The Kier molecular flexibility index (Phi) is 4.25. The molecule has 0 aliphatic rings. The molecule has 1 heterocycles. The van der Waals surface area contributed by atoms with E-state index in [0.29, 0.717) is 5.56 Å². The van der Waals surface area contributed by atoms with Crippen LogP contribution in [0.5, 0.6) is 0 Å². The number of hydrogen-bond donors (Lipinski definition) is 0. The van der Waals surface area contributed by atoms with E-state index in [2.05, 4.69) is 11.9 Å². The van der Waals surface area contributed by atoms with Gasteiger partial charge in [-0.3, -0.25) is 4.79 Å². The van der Waals surface area contributed by atoms with E-state index in [0.717, 1.165) is 17.2 Å². The Bertz CT molecular complexity index is 303. The summed E-state index contributed by atoms with van der Waals surface area (Å²) in [5.41, 5.74) is 0.510. The number of carbonyl (C=O) groups excluding carboxylic acids is 1. The summed E-state index contributed by atoms with van der Waals surface area (Å²) in [4.78, 5) is 14.9. The zero-order valence-electron chi connectivity index (χ0n) is 7.29. The van der Waals surface area contributed by atoms with Crippen molar-refractivity contribution in [2.24, 2.45) is 0 Å². The fourth-order valence-corrected chi connectivity index (χ4v) is 1.69. The molecule has 0 atom stereocenters. The molecule has 0 aliphatic heterocycles. The van der Waals surface area contributed by atoms with Crippen LogP contribution in [-0.2, 0) is 0 Å². The Morgan fingerprint density at radius 3 is 3.08 bits per heavy atom. The van der Waals surface area contributed by atoms with Gasteiger partial charge in [-0.1, -0.05) is 6.92 Å². The number of thioether (sulfide) groups is 1. The van der Waals surface area contributed by atoms with Crippen LogP contribution < -0.4 is 0 Å². The van der Waals surface area contributed by atoms with Gasteiger partial charge < -0.3 is 0 Å². The van der Waals surface area contributed by atoms with Gasteiger partial charge in [-0.15, -0.1) is 11.8 Å². The fraction of sp³-hybridized carbons (Fsp3) is 0.333. The monoisotopic (exact) mass is 215 g/mol. The lowest BCUT2D eigenvalue weighted by Gasteiger charge is -1.99. The number of halogens is 1. The summed E-state index contributed by atoms with van der Waals surface area (Å²) in [5.74, 6) is 1.01. The van der Waals surface area contributed by atoms with E-state index < -0.39 is 5.24 Å². The van der Waals surface area contributed by atoms with Crippen molar-refractivity contribution < 1.29 is 4.79 Å². The summed E-state index contributed by atoms with van der Waals surface area (Å²) in [5, 5.41) is 0.425. The van der Waals surface area contributed by atoms with E-state index in [1.165, 1.54) is 0 Å². The maximum absolute atomic E-state index is 10.8. The molecule has 0 N–H and O–H groups in total. The summed E-state index contributed by atoms with van der Waals surface area (Å²) in [7, 11) is 0. The molecule has 0 saturated heterocycles. The average molecular weight is 216 g/mol. The first kappa shape index (κ1) is 10.5. The molecule has 1 aromatic rings. The Morgan fingerprint density at radius 1 is 1.69 bits per heavy atom. The number of rotatable bonds is 4. The molecular formula is C9H10ClNOS. The molecule has 0 fully saturated rings. The van der Waals surface area contributed by atoms with E-state index >= 15 is 0 Å². The van der Waals surface area contributed by atoms with Crippen LogP contribution in [0.15, 0.2) is 23.4 Å². The van der Waals surface area contributed by atoms with Crippen LogP contribution in [-0.4, -0.2) is 16.0 Å². The lowest BCUT2D eigenvalue weighted by molar-refractivity contribution is 0.108. The van der Waals surface area contributed by atoms with Crippen LogP contribution in [0.1, 0.15) is 23.7 Å². The Morgan fingerprint density at radius 2 is 2.46 bits per heavy atom. The summed E-state index contributed by atoms with van der Waals surface area (Å²) in [6.07, 6.45) is 2.69. The minimum atomic E-state index is -0.430. The van der Waals surface area contributed by atoms with Gasteiger partial charge in [-0.2, -0.15) is 0 Å². The maximum atomic E-state index is 10.8. The molecule has 0 unspecified atom stereocenters. The summed E-state index contributed by atoms with van der Waals surface area (Å²) < 4.78 is 0. The zero-order valence-corrected chi connectivity index (χ0v) is 8.86. The highest BCUT2D eigenvalue weighted by Crippen LogP contribution is 2.17. The van der Waals surface area contributed by atoms with E-state index in [1.54, 1.807) is 30.1 Å². The average Bonchev–Trinajstić information content (AvgIpc) is 2.15. The van der Waals surface area contributed by atoms with Crippen molar-refractivity contribution in [2.75, 3.05) is 5.75 Å². The molecular weight excluding hydrogens is 206 g/mol. The molecule has 13 heavy (non-hydrogen) atoms. The molecule has 0 radical (unpaired) electrons. The lowest BCUT2D eigenvalue weighted by atomic mass is 10.3. The Labute approximate surface area is 86.7 Å². The first-order valence-corrected chi connectivity index (χ1v) is 5.39. The SMILES string of the molecule is CCCSc1cc(C(=O)Cl)ccn1. The quantitative estimate of drug-likeness (QED) is 0.572. The third-order valence-electron chi connectivity index (χ3n) is 1.42. The van der Waals surface area contributed by atoms with Crippen molar-refractivity contribution in [2.45, 2.75) is 18.4 Å². The molecule has 1 rings (SSSR count). The van der Waals surface area contributed by atoms with Crippen LogP contribution in [0.4, 0.5) is 0 Å². The van der Waals surface area contributed by atoms with Gasteiger partial charge in [-0.05, 0) is 35.9 Å². The van der Waals surface area contributed by atoms with Crippen molar-refractivity contribution in [3.63, 3.8) is 0 Å². The smallest absolute Gasteiger partial charge is 0.252 e. The number of pyridine rings is 1. The standard InChI is InChI=1S/C9H10ClNOS/c1-2-5-13-8-6-7(9(10)12)3-4-11-8/h3-4,6H,2,5H2,1H3. The minimum absolute atomic E-state index is 0.430. The third-order valence-corrected chi connectivity index (χ3v) is 2.77. The first-order valence-electron chi connectivity index (χ1n) is 4.02. The number of aromatic nitrogens is 1. The van der Waals surface area contributed by atoms with Gasteiger partial charge in [-0.25, -0.2) is 4.98 Å². The van der Waals surface area contributed by atoms with E-state index in [-0.39, 0.29) is 0 Å². The summed E-state index contributed by atoms with van der Waals surface area (Å²) in [6.45, 7) is 2.10. The highest BCUT2D eigenvalue weighted by Gasteiger charge is 2.02. The van der Waals surface area contributed by atoms with Gasteiger partial charge in [0.2, 0.25) is 0 Å². The molecule has 1 aromatic heterocycles. The molecule has 0 amide bonds. The summed E-state index contributed by atoms with van der Waals surface area (Å²) >= 11 is 6.96. The molecule has 2 nitrogen and oxygen atoms in total. The van der Waals surface area contributed by atoms with Crippen molar-refractivity contribution in [3.05, 3.63) is 23.9 Å². The Hall–Kier alpha value is -0.540. The van der Waals surface area contributed by atoms with Crippen molar-refractivity contribution in [1.29, 1.82) is 0 Å². The largest absolute Gasteiger partial charge is 0.276 e. The second kappa shape index (κ2) is 5.25. The summed E-state index contributed by atoms with van der Waals surface area (Å²) in [6, 6.07) is 3.33. The van der Waals surface area contributed by atoms with Gasteiger partial charge in [0.1, 0.15) is 0 Å². The molecule has 70 valence electrons. The Balaban J connectivity index is 2.73. The highest BCUT2D eigenvalue weighted by molar-refractivity contribution is 7.99. The van der Waals surface area contributed by atoms with Crippen LogP contribution >= 0.6 is 23.4 Å². The molecule has 0 aliphatic carbocycles. The normalized spacial score (nSPS) is 10.0. The van der Waals surface area contributed by atoms with Crippen LogP contribution in [0, 0.1) is 0 Å². The van der Waals surface area contributed by atoms with Gasteiger partial charge in [0, 0.05) is 11.8 Å². The molecule has 0 spiro atoms. The van der Waals surface area contributed by atoms with Gasteiger partial charge in [0.25, 0.3) is 5.24 Å². The van der Waals surface area contributed by atoms with Crippen LogP contribution in [0.2, 0.25) is 0 Å². The van der Waals surface area contributed by atoms with Crippen molar-refractivity contribution in [3.8, 4) is 0 Å². The predicted octanol–water partition coefficient (Wildman–Crippen LogP) is 2.96. The van der Waals surface area contributed by atoms with Gasteiger partial charge in [0.05, 0.1) is 5.03 Å². The van der Waals surface area contributed by atoms with Crippen molar-refractivity contribution in [1.82, 2.24) is 4.98 Å². The number of nitrogens with zero attached hydrogens (tertiary/aromatic N) is 1. The van der Waals surface area contributed by atoms with E-state index in [1.807, 2.05) is 0 Å². The van der Waals surface area contributed by atoms with Crippen LogP contribution in [0.25, 0.3) is 0 Å². The second-order valence-electron chi connectivity index (χ2n) is 2.50. The predicted molar refractivity (Wildman–Crippen MR) is 55.4 cm³/mol. The fourth-order valence-electron chi connectivity index (χ4n) is 0.817. The van der Waals surface area contributed by atoms with Gasteiger partial charge in [0.15, 0.2) is 0 Å². The topological polar surface area (TPSA) is 30.0 Å².